The highest BCUT2D eigenvalue weighted by atomic mass is 16.6. The lowest BCUT2D eigenvalue weighted by molar-refractivity contribution is 0.0142. The molecule has 0 heterocycles. The Kier molecular flexibility index (Phi) is 10.5. The summed E-state index contributed by atoms with van der Waals surface area (Å²) >= 11 is 0. The molecule has 2 aliphatic carbocycles. The molecule has 4 aromatic carbocycles. The van der Waals surface area contributed by atoms with Gasteiger partial charge in [0.1, 0.15) is 17.0 Å². The molecule has 2 N–H and O–H groups in total. The topological polar surface area (TPSA) is 99.5 Å². The van der Waals surface area contributed by atoms with E-state index in [1.165, 1.54) is 0 Å². The predicted molar refractivity (Wildman–Crippen MR) is 195 cm³/mol. The number of phenolic OH excluding ortho intramolecular Hbond substituents is 1. The van der Waals surface area contributed by atoms with Gasteiger partial charge < -0.3 is 19.7 Å². The molecule has 2 fully saturated rings. The molecule has 2 amide bonds. The van der Waals surface area contributed by atoms with Gasteiger partial charge in [-0.05, 0) is 132 Å². The Morgan fingerprint density at radius 1 is 0.694 bits per heavy atom. The summed E-state index contributed by atoms with van der Waals surface area (Å²) in [4.78, 5) is 29.0. The van der Waals surface area contributed by atoms with Crippen LogP contribution in [-0.4, -0.2) is 55.5 Å². The Morgan fingerprint density at radius 2 is 1.10 bits per heavy atom. The first-order valence-corrected chi connectivity index (χ1v) is 17.4. The first kappa shape index (κ1) is 36.0. The molecule has 2 saturated carbocycles. The van der Waals surface area contributed by atoms with Crippen LogP contribution in [0.25, 0.3) is 21.5 Å². The summed E-state index contributed by atoms with van der Waals surface area (Å²) in [6.45, 7) is 15.3. The number of aliphatic hydroxyl groups excluding tert-OH is 1. The van der Waals surface area contributed by atoms with Crippen LogP contribution in [0.3, 0.4) is 0 Å². The number of carbonyl (C=O) groups is 2. The molecule has 6 rings (SSSR count). The maximum atomic E-state index is 12.7. The molecule has 0 radical (unpaired) electrons. The van der Waals surface area contributed by atoms with Crippen LogP contribution in [0, 0.1) is 0 Å². The van der Waals surface area contributed by atoms with Crippen molar-refractivity contribution in [2.24, 2.45) is 0 Å². The van der Waals surface area contributed by atoms with E-state index in [-0.39, 0.29) is 48.7 Å². The van der Waals surface area contributed by atoms with Gasteiger partial charge in [0.25, 0.3) is 0 Å². The third-order valence-electron chi connectivity index (χ3n) is 8.89. The van der Waals surface area contributed by atoms with E-state index in [0.717, 1.165) is 63.9 Å². The van der Waals surface area contributed by atoms with Crippen LogP contribution in [0.2, 0.25) is 0 Å². The highest BCUT2D eigenvalue weighted by molar-refractivity contribution is 5.89. The average molecular weight is 669 g/mol. The number of fused-ring (bicyclic) bond motifs is 2. The van der Waals surface area contributed by atoms with Gasteiger partial charge in [0, 0.05) is 17.5 Å². The normalized spacial score (nSPS) is 15.9. The molecule has 2 aliphatic rings. The highest BCUT2D eigenvalue weighted by Crippen LogP contribution is 2.39. The third kappa shape index (κ3) is 9.04. The minimum absolute atomic E-state index is 0.0169. The van der Waals surface area contributed by atoms with Crippen molar-refractivity contribution in [3.8, 4) is 5.75 Å². The van der Waals surface area contributed by atoms with E-state index in [2.05, 4.69) is 6.07 Å². The molecule has 0 aromatic heterocycles. The van der Waals surface area contributed by atoms with Crippen molar-refractivity contribution in [3.05, 3.63) is 89.5 Å². The van der Waals surface area contributed by atoms with Crippen LogP contribution in [0.5, 0.6) is 5.75 Å². The molecule has 0 aliphatic heterocycles. The van der Waals surface area contributed by atoms with Crippen molar-refractivity contribution in [2.75, 3.05) is 0 Å². The van der Waals surface area contributed by atoms with Gasteiger partial charge in [-0.25, -0.2) is 9.59 Å². The maximum Gasteiger partial charge on any atom is 0.411 e. The van der Waals surface area contributed by atoms with Crippen molar-refractivity contribution in [1.82, 2.24) is 9.80 Å². The van der Waals surface area contributed by atoms with Crippen LogP contribution in [0.15, 0.2) is 72.8 Å². The summed E-state index contributed by atoms with van der Waals surface area (Å²) in [6.07, 6.45) is 3.49. The summed E-state index contributed by atoms with van der Waals surface area (Å²) in [5.41, 5.74) is 1.81. The SMILES string of the molecule is CC(c1cc(CO)c2ccccc2c1)N(C(=O)OC(C)(C)C)C1CC1.CC(c1cc(O)c2ccccc2c1)N(C(=O)OC(C)(C)C)C1CC1. The van der Waals surface area contributed by atoms with Crippen molar-refractivity contribution < 1.29 is 29.3 Å². The number of benzene rings is 4. The highest BCUT2D eigenvalue weighted by Gasteiger charge is 2.40. The number of nitrogens with zero attached hydrogens (tertiary/aromatic N) is 2. The number of rotatable bonds is 7. The number of hydrogen-bond donors (Lipinski definition) is 2. The lowest BCUT2D eigenvalue weighted by atomic mass is 9.97. The zero-order chi connectivity index (χ0) is 35.7. The van der Waals surface area contributed by atoms with E-state index >= 15 is 0 Å². The number of amides is 2. The molecular formula is C41H52N2O6. The molecule has 0 saturated heterocycles. The fraction of sp³-hybridized carbons (Fsp3) is 0.463. The van der Waals surface area contributed by atoms with Gasteiger partial charge in [0.15, 0.2) is 0 Å². The number of aliphatic hydroxyl groups is 1. The zero-order valence-corrected chi connectivity index (χ0v) is 30.2. The van der Waals surface area contributed by atoms with Gasteiger partial charge in [0.2, 0.25) is 0 Å². The largest absolute Gasteiger partial charge is 0.507 e. The van der Waals surface area contributed by atoms with Gasteiger partial charge in [-0.1, -0.05) is 54.6 Å². The van der Waals surface area contributed by atoms with Crippen molar-refractivity contribution in [2.45, 2.75) is 123 Å². The quantitative estimate of drug-likeness (QED) is 0.203. The Balaban J connectivity index is 0.000000191. The van der Waals surface area contributed by atoms with Crippen molar-refractivity contribution in [1.29, 1.82) is 0 Å². The molecule has 2 unspecified atom stereocenters. The molecule has 262 valence electrons. The van der Waals surface area contributed by atoms with E-state index in [9.17, 15) is 19.8 Å². The standard InChI is InChI=1S/C21H27NO3.C20H25NO3/c1-14(22(18-9-10-18)20(24)25-21(2,3)4)16-11-15-7-5-6-8-19(15)17(12-16)13-23;1-13(21(16-9-10-16)19(23)24-20(2,3)4)15-11-14-7-5-6-8-17(14)18(22)12-15/h5-8,11-12,14,18,23H,9-10,13H2,1-4H3;5-8,11-13,16,22H,9-10H2,1-4H3. The lowest BCUT2D eigenvalue weighted by Crippen LogP contribution is -2.39. The van der Waals surface area contributed by atoms with Gasteiger partial charge in [-0.3, -0.25) is 9.80 Å². The molecule has 8 nitrogen and oxygen atoms in total. The van der Waals surface area contributed by atoms with E-state index in [1.807, 2.05) is 126 Å². The van der Waals surface area contributed by atoms with Gasteiger partial charge in [-0.15, -0.1) is 0 Å². The molecule has 0 bridgehead atoms. The second-order valence-electron chi connectivity index (χ2n) is 15.4. The second-order valence-corrected chi connectivity index (χ2v) is 15.4. The molecule has 8 heteroatoms. The molecule has 49 heavy (non-hydrogen) atoms. The first-order valence-electron chi connectivity index (χ1n) is 17.4. The minimum atomic E-state index is -0.518. The van der Waals surface area contributed by atoms with Crippen LogP contribution >= 0.6 is 0 Å². The summed E-state index contributed by atoms with van der Waals surface area (Å²) in [5.74, 6) is 0.245. The Morgan fingerprint density at radius 3 is 1.53 bits per heavy atom. The number of ether oxygens (including phenoxy) is 2. The van der Waals surface area contributed by atoms with E-state index in [0.29, 0.717) is 0 Å². The van der Waals surface area contributed by atoms with Crippen LogP contribution < -0.4 is 0 Å². The van der Waals surface area contributed by atoms with Gasteiger partial charge >= 0.3 is 12.2 Å². The van der Waals surface area contributed by atoms with Crippen molar-refractivity contribution >= 4 is 33.7 Å². The fourth-order valence-electron chi connectivity index (χ4n) is 6.24. The smallest absolute Gasteiger partial charge is 0.411 e. The number of hydrogen-bond acceptors (Lipinski definition) is 6. The summed E-state index contributed by atoms with van der Waals surface area (Å²) in [5, 5.41) is 24.0. The Hall–Kier alpha value is -4.30. The van der Waals surface area contributed by atoms with Gasteiger partial charge in [0.05, 0.1) is 18.7 Å². The number of phenols is 1. The van der Waals surface area contributed by atoms with Crippen molar-refractivity contribution in [3.63, 3.8) is 0 Å². The van der Waals surface area contributed by atoms with Crippen LogP contribution in [0.1, 0.15) is 110 Å². The third-order valence-corrected chi connectivity index (χ3v) is 8.89. The first-order chi connectivity index (χ1) is 23.1. The Labute approximate surface area is 290 Å². The van der Waals surface area contributed by atoms with E-state index in [4.69, 9.17) is 9.47 Å². The summed E-state index contributed by atoms with van der Waals surface area (Å²) in [7, 11) is 0. The second kappa shape index (κ2) is 14.3. The fourth-order valence-corrected chi connectivity index (χ4v) is 6.24. The molecule has 2 atom stereocenters. The molecule has 4 aromatic rings. The number of aromatic hydroxyl groups is 1. The summed E-state index contributed by atoms with van der Waals surface area (Å²) in [6, 6.07) is 23.9. The van der Waals surface area contributed by atoms with Crippen LogP contribution in [0.4, 0.5) is 9.59 Å². The maximum absolute atomic E-state index is 12.7. The van der Waals surface area contributed by atoms with Crippen LogP contribution in [-0.2, 0) is 16.1 Å². The average Bonchev–Trinajstić information content (AvgIpc) is 3.96. The predicted octanol–water partition coefficient (Wildman–Crippen LogP) is 9.80. The number of carbonyl (C=O) groups excluding carboxylic acids is 2. The zero-order valence-electron chi connectivity index (χ0n) is 30.2. The molecular weight excluding hydrogens is 616 g/mol. The van der Waals surface area contributed by atoms with Gasteiger partial charge in [-0.2, -0.15) is 0 Å². The summed E-state index contributed by atoms with van der Waals surface area (Å²) < 4.78 is 11.2. The lowest BCUT2D eigenvalue weighted by Gasteiger charge is -2.32. The minimum Gasteiger partial charge on any atom is -0.507 e. The van der Waals surface area contributed by atoms with E-state index < -0.39 is 11.2 Å². The van der Waals surface area contributed by atoms with E-state index in [1.54, 1.807) is 6.07 Å². The monoisotopic (exact) mass is 668 g/mol. The Bertz CT molecular complexity index is 1800. The molecule has 0 spiro atoms.